The van der Waals surface area contributed by atoms with Crippen LogP contribution in [0.15, 0.2) is 54.0 Å². The third-order valence-corrected chi connectivity index (χ3v) is 5.60. The van der Waals surface area contributed by atoms with Gasteiger partial charge in [-0.25, -0.2) is 9.37 Å². The lowest BCUT2D eigenvalue weighted by molar-refractivity contribution is -0.120. The van der Waals surface area contributed by atoms with Crippen LogP contribution in [0.1, 0.15) is 11.3 Å². The Balaban J connectivity index is 1.34. The quantitative estimate of drug-likeness (QED) is 0.477. The Kier molecular flexibility index (Phi) is 5.57. The number of nitrogens with one attached hydrogen (secondary N) is 2. The van der Waals surface area contributed by atoms with Crippen molar-refractivity contribution in [2.24, 2.45) is 0 Å². The first-order chi connectivity index (χ1) is 14.1. The summed E-state index contributed by atoms with van der Waals surface area (Å²) in [6.45, 7) is 0.478. The molecule has 2 aromatic heterocycles. The van der Waals surface area contributed by atoms with E-state index in [0.717, 1.165) is 38.5 Å². The lowest BCUT2D eigenvalue weighted by atomic mass is 10.1. The zero-order valence-electron chi connectivity index (χ0n) is 15.9. The van der Waals surface area contributed by atoms with E-state index in [1.807, 2.05) is 35.8 Å². The number of hydrogen-bond acceptors (Lipinski definition) is 4. The maximum absolute atomic E-state index is 13.5. The number of hydrogen-bond donors (Lipinski definition) is 2. The van der Waals surface area contributed by atoms with Crippen molar-refractivity contribution in [1.82, 2.24) is 15.3 Å². The largest absolute Gasteiger partial charge is 0.496 e. The van der Waals surface area contributed by atoms with E-state index in [2.05, 4.69) is 15.3 Å². The monoisotopic (exact) mass is 409 g/mol. The lowest BCUT2D eigenvalue weighted by Crippen LogP contribution is -2.27. The van der Waals surface area contributed by atoms with Crippen molar-refractivity contribution in [2.45, 2.75) is 12.8 Å². The summed E-state index contributed by atoms with van der Waals surface area (Å²) in [6.07, 6.45) is 2.70. The number of carbonyl (C=O) groups is 1. The van der Waals surface area contributed by atoms with Crippen molar-refractivity contribution in [3.8, 4) is 16.3 Å². The molecule has 0 saturated heterocycles. The predicted molar refractivity (Wildman–Crippen MR) is 113 cm³/mol. The molecule has 0 unspecified atom stereocenters. The number of aromatic amines is 1. The molecule has 0 saturated carbocycles. The average molecular weight is 409 g/mol. The number of halogens is 1. The molecular weight excluding hydrogens is 389 g/mol. The van der Waals surface area contributed by atoms with Crippen molar-refractivity contribution in [2.75, 3.05) is 13.7 Å². The van der Waals surface area contributed by atoms with Crippen molar-refractivity contribution in [1.29, 1.82) is 0 Å². The fourth-order valence-corrected chi connectivity index (χ4v) is 4.10. The van der Waals surface area contributed by atoms with Gasteiger partial charge < -0.3 is 15.0 Å². The lowest BCUT2D eigenvalue weighted by Gasteiger charge is -2.05. The molecule has 0 aliphatic carbocycles. The highest BCUT2D eigenvalue weighted by atomic mass is 32.1. The number of carbonyl (C=O) groups excluding carboxylic acids is 1. The van der Waals surface area contributed by atoms with Crippen LogP contribution < -0.4 is 10.1 Å². The molecule has 0 aliphatic heterocycles. The smallest absolute Gasteiger partial charge is 0.226 e. The topological polar surface area (TPSA) is 67.0 Å². The summed E-state index contributed by atoms with van der Waals surface area (Å²) in [6, 6.07) is 12.3. The van der Waals surface area contributed by atoms with Crippen molar-refractivity contribution >= 4 is 28.1 Å². The normalized spacial score (nSPS) is 11.0. The Morgan fingerprint density at radius 2 is 2.14 bits per heavy atom. The van der Waals surface area contributed by atoms with Gasteiger partial charge in [0.1, 0.15) is 16.6 Å². The maximum Gasteiger partial charge on any atom is 0.226 e. The molecule has 0 aliphatic rings. The third kappa shape index (κ3) is 4.30. The van der Waals surface area contributed by atoms with Crippen LogP contribution in [0.5, 0.6) is 5.75 Å². The number of fused-ring (bicyclic) bond motifs is 1. The highest BCUT2D eigenvalue weighted by Gasteiger charge is 2.12. The average Bonchev–Trinajstić information content (AvgIpc) is 3.35. The van der Waals surface area contributed by atoms with Crippen LogP contribution >= 0.6 is 11.3 Å². The molecule has 2 aromatic carbocycles. The molecular formula is C22H20FN3O2S. The molecule has 1 amide bonds. The fraction of sp³-hybridized carbons (Fsp3) is 0.182. The van der Waals surface area contributed by atoms with Crippen LogP contribution in [0.25, 0.3) is 21.5 Å². The molecule has 0 fully saturated rings. The summed E-state index contributed by atoms with van der Waals surface area (Å²) in [5.74, 6) is 0.401. The Morgan fingerprint density at radius 3 is 3.00 bits per heavy atom. The predicted octanol–water partition coefficient (Wildman–Crippen LogP) is 4.34. The van der Waals surface area contributed by atoms with E-state index >= 15 is 0 Å². The van der Waals surface area contributed by atoms with Gasteiger partial charge in [-0.2, -0.15) is 0 Å². The van der Waals surface area contributed by atoms with Gasteiger partial charge in [0.05, 0.1) is 24.8 Å². The Bertz CT molecular complexity index is 1150. The molecule has 0 bridgehead atoms. The van der Waals surface area contributed by atoms with Gasteiger partial charge in [-0.05, 0) is 42.3 Å². The number of thiazole rings is 1. The van der Waals surface area contributed by atoms with E-state index in [1.165, 1.54) is 23.5 Å². The second kappa shape index (κ2) is 8.45. The summed E-state index contributed by atoms with van der Waals surface area (Å²) < 4.78 is 18.8. The number of para-hydroxylation sites is 1. The van der Waals surface area contributed by atoms with E-state index in [1.54, 1.807) is 13.2 Å². The summed E-state index contributed by atoms with van der Waals surface area (Å²) in [5, 5.41) is 6.48. The molecule has 2 heterocycles. The van der Waals surface area contributed by atoms with E-state index in [9.17, 15) is 9.18 Å². The molecule has 2 N–H and O–H groups in total. The number of benzene rings is 2. The summed E-state index contributed by atoms with van der Waals surface area (Å²) in [5.41, 5.74) is 3.51. The van der Waals surface area contributed by atoms with Crippen LogP contribution in [0.3, 0.4) is 0 Å². The Labute approximate surface area is 171 Å². The summed E-state index contributed by atoms with van der Waals surface area (Å²) in [7, 11) is 1.63. The Hall–Kier alpha value is -3.19. The zero-order valence-corrected chi connectivity index (χ0v) is 16.7. The molecule has 7 heteroatoms. The summed E-state index contributed by atoms with van der Waals surface area (Å²) in [4.78, 5) is 20.0. The second-order valence-corrected chi connectivity index (χ2v) is 7.48. The van der Waals surface area contributed by atoms with Crippen LogP contribution in [0.2, 0.25) is 0 Å². The fourth-order valence-electron chi connectivity index (χ4n) is 3.25. The van der Waals surface area contributed by atoms with Crippen molar-refractivity contribution < 1.29 is 13.9 Å². The van der Waals surface area contributed by atoms with Gasteiger partial charge in [-0.15, -0.1) is 11.3 Å². The molecule has 148 valence electrons. The van der Waals surface area contributed by atoms with Crippen molar-refractivity contribution in [3.63, 3.8) is 0 Å². The minimum Gasteiger partial charge on any atom is -0.496 e. The van der Waals surface area contributed by atoms with Gasteiger partial charge in [-0.1, -0.05) is 12.1 Å². The van der Waals surface area contributed by atoms with E-state index in [-0.39, 0.29) is 18.1 Å². The van der Waals surface area contributed by atoms with E-state index in [0.29, 0.717) is 13.0 Å². The maximum atomic E-state index is 13.5. The number of rotatable bonds is 7. The van der Waals surface area contributed by atoms with Gasteiger partial charge in [-0.3, -0.25) is 4.79 Å². The van der Waals surface area contributed by atoms with Gasteiger partial charge in [0, 0.05) is 29.0 Å². The SMILES string of the molecule is COc1ccccc1-c1nc(CC(=O)NCCc2c[nH]c3ccc(F)cc23)cs1. The van der Waals surface area contributed by atoms with Crippen LogP contribution in [-0.2, 0) is 17.6 Å². The number of H-pyrrole nitrogens is 1. The number of nitrogens with zero attached hydrogens (tertiary/aromatic N) is 1. The van der Waals surface area contributed by atoms with Gasteiger partial charge in [0.25, 0.3) is 0 Å². The van der Waals surface area contributed by atoms with E-state index in [4.69, 9.17) is 4.74 Å². The number of amides is 1. The molecule has 4 rings (SSSR count). The molecule has 5 nitrogen and oxygen atoms in total. The highest BCUT2D eigenvalue weighted by Crippen LogP contribution is 2.31. The summed E-state index contributed by atoms with van der Waals surface area (Å²) >= 11 is 1.49. The number of aromatic nitrogens is 2. The minimum atomic E-state index is -0.267. The minimum absolute atomic E-state index is 0.0899. The van der Waals surface area contributed by atoms with Crippen LogP contribution in [-0.4, -0.2) is 29.5 Å². The van der Waals surface area contributed by atoms with Gasteiger partial charge >= 0.3 is 0 Å². The van der Waals surface area contributed by atoms with Crippen LogP contribution in [0, 0.1) is 5.82 Å². The first-order valence-electron chi connectivity index (χ1n) is 9.24. The number of ether oxygens (including phenoxy) is 1. The van der Waals surface area contributed by atoms with E-state index < -0.39 is 0 Å². The van der Waals surface area contributed by atoms with Crippen molar-refractivity contribution in [3.05, 3.63) is 71.1 Å². The standard InChI is InChI=1S/C22H20FN3O2S/c1-28-20-5-3-2-4-17(20)22-26-16(13-29-22)11-21(27)24-9-8-14-12-25-19-7-6-15(23)10-18(14)19/h2-7,10,12-13,25H,8-9,11H2,1H3,(H,24,27). The third-order valence-electron chi connectivity index (χ3n) is 4.68. The molecule has 4 aromatic rings. The van der Waals surface area contributed by atoms with Gasteiger partial charge in [0.15, 0.2) is 0 Å². The first kappa shape index (κ1) is 19.1. The van der Waals surface area contributed by atoms with Gasteiger partial charge in [0.2, 0.25) is 5.91 Å². The molecule has 29 heavy (non-hydrogen) atoms. The molecule has 0 radical (unpaired) electrons. The second-order valence-electron chi connectivity index (χ2n) is 6.62. The highest BCUT2D eigenvalue weighted by molar-refractivity contribution is 7.13. The Morgan fingerprint density at radius 1 is 1.28 bits per heavy atom. The molecule has 0 atom stereocenters. The first-order valence-corrected chi connectivity index (χ1v) is 10.1. The molecule has 0 spiro atoms. The zero-order chi connectivity index (χ0) is 20.2. The van der Waals surface area contributed by atoms with Crippen LogP contribution in [0.4, 0.5) is 4.39 Å². The number of methoxy groups -OCH3 is 1.